The highest BCUT2D eigenvalue weighted by atomic mass is 35.5. The van der Waals surface area contributed by atoms with Crippen molar-refractivity contribution in [3.63, 3.8) is 0 Å². The van der Waals surface area contributed by atoms with Crippen molar-refractivity contribution in [3.05, 3.63) is 76.0 Å². The number of anilines is 3. The molecule has 1 heterocycles. The molecule has 10 heteroatoms. The number of halogens is 2. The van der Waals surface area contributed by atoms with Gasteiger partial charge in [0.05, 0.1) is 10.0 Å². The first-order valence-corrected chi connectivity index (χ1v) is 12.4. The number of aromatic nitrogens is 1. The Bertz CT molecular complexity index is 1060. The van der Waals surface area contributed by atoms with Crippen LogP contribution in [0.25, 0.3) is 0 Å². The van der Waals surface area contributed by atoms with E-state index in [0.29, 0.717) is 38.9 Å². The molecule has 0 amide bonds. The number of ether oxygens (including phenoxy) is 1. The average Bonchev–Trinajstić information content (AvgIpc) is 2.81. The third-order valence-electron chi connectivity index (χ3n) is 4.24. The van der Waals surface area contributed by atoms with Crippen molar-refractivity contribution in [1.29, 1.82) is 5.41 Å². The fourth-order valence-electron chi connectivity index (χ4n) is 2.63. The molecule has 0 aliphatic rings. The van der Waals surface area contributed by atoms with Gasteiger partial charge in [0.2, 0.25) is 0 Å². The van der Waals surface area contributed by atoms with Crippen LogP contribution < -0.4 is 21.5 Å². The highest BCUT2D eigenvalue weighted by molar-refractivity contribution is 7.97. The minimum atomic E-state index is -0.440. The third-order valence-corrected chi connectivity index (χ3v) is 4.84. The molecule has 0 aliphatic carbocycles. The van der Waals surface area contributed by atoms with Gasteiger partial charge >= 0.3 is 0 Å². The molecule has 0 saturated heterocycles. The fraction of sp³-hybridized carbons (Fsp3) is 0.208. The van der Waals surface area contributed by atoms with Gasteiger partial charge in [-0.25, -0.2) is 0 Å². The van der Waals surface area contributed by atoms with E-state index in [1.165, 1.54) is 18.5 Å². The van der Waals surface area contributed by atoms with E-state index in [-0.39, 0.29) is 5.71 Å². The molecule has 0 fully saturated rings. The summed E-state index contributed by atoms with van der Waals surface area (Å²) >= 11 is 13.9. The summed E-state index contributed by atoms with van der Waals surface area (Å²) in [4.78, 5) is 14.6. The summed E-state index contributed by atoms with van der Waals surface area (Å²) in [5, 5.41) is 11.4. The fourth-order valence-corrected chi connectivity index (χ4v) is 3.30. The summed E-state index contributed by atoms with van der Waals surface area (Å²) in [6.07, 6.45) is 7.04. The van der Waals surface area contributed by atoms with Crippen molar-refractivity contribution < 1.29 is 9.53 Å². The molecular weight excluding hydrogens is 493 g/mol. The predicted molar refractivity (Wildman–Crippen MR) is 147 cm³/mol. The van der Waals surface area contributed by atoms with Gasteiger partial charge in [0.25, 0.3) is 0 Å². The van der Waals surface area contributed by atoms with Crippen LogP contribution in [0.3, 0.4) is 0 Å². The molecule has 2 aromatic carbocycles. The SMILES string of the molecule is CC(Oc1ccc(N)c(C(=N)C=O)c1)c1c(Cl)cncc1Cl.CNc1ccc(N)cc1.CSC. The van der Waals surface area contributed by atoms with Crippen LogP contribution in [-0.2, 0) is 4.79 Å². The number of benzene rings is 2. The van der Waals surface area contributed by atoms with Gasteiger partial charge in [0.1, 0.15) is 17.6 Å². The van der Waals surface area contributed by atoms with Crippen LogP contribution in [0.1, 0.15) is 24.2 Å². The number of nitrogen functional groups attached to an aromatic ring is 2. The summed E-state index contributed by atoms with van der Waals surface area (Å²) in [6, 6.07) is 12.4. The summed E-state index contributed by atoms with van der Waals surface area (Å²) in [6.45, 7) is 1.79. The monoisotopic (exact) mass is 521 g/mol. The van der Waals surface area contributed by atoms with E-state index in [9.17, 15) is 4.79 Å². The first-order chi connectivity index (χ1) is 16.2. The highest BCUT2D eigenvalue weighted by Gasteiger charge is 2.17. The van der Waals surface area contributed by atoms with Crippen LogP contribution in [0.15, 0.2) is 54.9 Å². The highest BCUT2D eigenvalue weighted by Crippen LogP contribution is 2.33. The van der Waals surface area contributed by atoms with Gasteiger partial charge in [0, 0.05) is 47.6 Å². The number of thioether (sulfide) groups is 1. The van der Waals surface area contributed by atoms with Crippen molar-refractivity contribution >= 4 is 64.0 Å². The lowest BCUT2D eigenvalue weighted by atomic mass is 10.1. The number of hydrogen-bond donors (Lipinski definition) is 4. The topological polar surface area (TPSA) is 127 Å². The van der Waals surface area contributed by atoms with Gasteiger partial charge in [0.15, 0.2) is 6.29 Å². The Hall–Kier alpha value is -2.94. The maximum Gasteiger partial charge on any atom is 0.168 e. The first-order valence-electron chi connectivity index (χ1n) is 10.0. The Morgan fingerprint density at radius 2 is 1.68 bits per heavy atom. The van der Waals surface area contributed by atoms with Gasteiger partial charge in [-0.15, -0.1) is 0 Å². The zero-order valence-corrected chi connectivity index (χ0v) is 21.8. The number of aldehydes is 1. The van der Waals surface area contributed by atoms with Crippen LogP contribution in [0.2, 0.25) is 10.0 Å². The molecular formula is C24H29Cl2N5O2S. The molecule has 7 nitrogen and oxygen atoms in total. The van der Waals surface area contributed by atoms with E-state index >= 15 is 0 Å². The van der Waals surface area contributed by atoms with Gasteiger partial charge in [-0.1, -0.05) is 23.2 Å². The average molecular weight is 523 g/mol. The van der Waals surface area contributed by atoms with Crippen LogP contribution >= 0.6 is 35.0 Å². The van der Waals surface area contributed by atoms with Gasteiger partial charge in [-0.05, 0) is 61.9 Å². The Labute approximate surface area is 214 Å². The summed E-state index contributed by atoms with van der Waals surface area (Å²) in [5.41, 5.74) is 14.1. The Kier molecular flexibility index (Phi) is 12.9. The smallest absolute Gasteiger partial charge is 0.168 e. The van der Waals surface area contributed by atoms with E-state index in [4.69, 9.17) is 44.8 Å². The number of carbonyl (C=O) groups excluding carboxylic acids is 1. The number of nitrogens with one attached hydrogen (secondary N) is 2. The zero-order valence-electron chi connectivity index (χ0n) is 19.4. The van der Waals surface area contributed by atoms with Crippen LogP contribution in [0.4, 0.5) is 17.1 Å². The van der Waals surface area contributed by atoms with Crippen molar-refractivity contribution in [3.8, 4) is 5.75 Å². The van der Waals surface area contributed by atoms with Crippen molar-refractivity contribution in [2.75, 3.05) is 36.3 Å². The lowest BCUT2D eigenvalue weighted by Crippen LogP contribution is -2.08. The largest absolute Gasteiger partial charge is 0.486 e. The van der Waals surface area contributed by atoms with Crippen LogP contribution in [0, 0.1) is 5.41 Å². The van der Waals surface area contributed by atoms with Crippen LogP contribution in [0.5, 0.6) is 5.75 Å². The van der Waals surface area contributed by atoms with E-state index in [0.717, 1.165) is 11.4 Å². The molecule has 0 saturated carbocycles. The van der Waals surface area contributed by atoms with Crippen molar-refractivity contribution in [2.45, 2.75) is 13.0 Å². The van der Waals surface area contributed by atoms with E-state index in [2.05, 4.69) is 10.3 Å². The summed E-state index contributed by atoms with van der Waals surface area (Å²) in [7, 11) is 1.88. The Balaban J connectivity index is 0.000000398. The molecule has 0 aliphatic heterocycles. The maximum atomic E-state index is 10.7. The van der Waals surface area contributed by atoms with Crippen molar-refractivity contribution in [2.24, 2.45) is 0 Å². The Morgan fingerprint density at radius 1 is 1.12 bits per heavy atom. The number of pyridine rings is 1. The summed E-state index contributed by atoms with van der Waals surface area (Å²) in [5.74, 6) is 0.451. The number of rotatable bonds is 6. The van der Waals surface area contributed by atoms with Gasteiger partial charge in [-0.3, -0.25) is 15.2 Å². The van der Waals surface area contributed by atoms with Crippen molar-refractivity contribution in [1.82, 2.24) is 4.98 Å². The van der Waals surface area contributed by atoms with Gasteiger partial charge in [-0.2, -0.15) is 11.8 Å². The zero-order chi connectivity index (χ0) is 25.7. The molecule has 1 aromatic heterocycles. The molecule has 182 valence electrons. The molecule has 0 spiro atoms. The quantitative estimate of drug-likeness (QED) is 0.179. The van der Waals surface area contributed by atoms with Gasteiger partial charge < -0.3 is 21.5 Å². The molecule has 6 N–H and O–H groups in total. The maximum absolute atomic E-state index is 10.7. The molecule has 34 heavy (non-hydrogen) atoms. The number of hydrogen-bond acceptors (Lipinski definition) is 8. The molecule has 3 rings (SSSR count). The molecule has 0 bridgehead atoms. The second kappa shape index (κ2) is 15.1. The third kappa shape index (κ3) is 9.13. The van der Waals surface area contributed by atoms with E-state index in [1.807, 2.05) is 43.8 Å². The van der Waals surface area contributed by atoms with E-state index in [1.54, 1.807) is 30.8 Å². The molecule has 1 atom stereocenters. The minimum Gasteiger partial charge on any atom is -0.486 e. The first kappa shape index (κ1) is 29.1. The normalized spacial score (nSPS) is 10.5. The minimum absolute atomic E-state index is 0.212. The Morgan fingerprint density at radius 3 is 2.18 bits per heavy atom. The number of nitrogens with two attached hydrogens (primary N) is 2. The number of nitrogens with zero attached hydrogens (tertiary/aromatic N) is 1. The van der Waals surface area contributed by atoms with E-state index < -0.39 is 6.10 Å². The van der Waals surface area contributed by atoms with Crippen LogP contribution in [-0.4, -0.2) is 36.5 Å². The number of carbonyl (C=O) groups is 1. The second-order valence-electron chi connectivity index (χ2n) is 6.84. The molecule has 0 radical (unpaired) electrons. The lowest BCUT2D eigenvalue weighted by Gasteiger charge is -2.18. The second-order valence-corrected chi connectivity index (χ2v) is 8.47. The lowest BCUT2D eigenvalue weighted by molar-refractivity contribution is -0.102. The molecule has 3 aromatic rings. The summed E-state index contributed by atoms with van der Waals surface area (Å²) < 4.78 is 5.79. The molecule has 1 unspecified atom stereocenters. The predicted octanol–water partition coefficient (Wildman–Crippen LogP) is 5.97. The standard InChI is InChI=1S/C15H13Cl2N3O2.C7H10N2.C2H6S/c1-8(15-11(16)5-20-6-12(15)17)22-9-2-3-13(18)10(4-9)14(19)7-21;1-9-7-4-2-6(8)3-5-7;1-3-2/h2-8,19H,18H2,1H3;2-5,9H,8H2,1H3;1-2H3.